The highest BCUT2D eigenvalue weighted by atomic mass is 16.6. The number of non-ortho nitro benzene ring substituents is 1. The van der Waals surface area contributed by atoms with Gasteiger partial charge in [-0.1, -0.05) is 36.4 Å². The average Bonchev–Trinajstić information content (AvgIpc) is 3.29. The van der Waals surface area contributed by atoms with Crippen LogP contribution in [-0.2, 0) is 29.7 Å². The summed E-state index contributed by atoms with van der Waals surface area (Å²) < 4.78 is 7.37. The topological polar surface area (TPSA) is 97.9 Å². The largest absolute Gasteiger partial charge is 0.382 e. The molecule has 0 atom stereocenters. The van der Waals surface area contributed by atoms with Gasteiger partial charge in [0, 0.05) is 62.9 Å². The lowest BCUT2D eigenvalue weighted by atomic mass is 10.1. The summed E-state index contributed by atoms with van der Waals surface area (Å²) >= 11 is 0. The summed E-state index contributed by atoms with van der Waals surface area (Å²) in [5.74, 6) is -0.641. The van der Waals surface area contributed by atoms with Crippen molar-refractivity contribution in [2.24, 2.45) is 7.05 Å². The Morgan fingerprint density at radius 3 is 2.44 bits per heavy atom. The SMILES string of the molecule is CCOCCCN(CC(=O)N(Cc1ccccc1)Cc1cccn1C)C(=O)c1cccc([N+](=O)[O-])c1. The van der Waals surface area contributed by atoms with Crippen molar-refractivity contribution in [2.45, 2.75) is 26.4 Å². The van der Waals surface area contributed by atoms with E-state index < -0.39 is 10.8 Å². The molecule has 0 N–H and O–H groups in total. The second kappa shape index (κ2) is 13.2. The van der Waals surface area contributed by atoms with E-state index in [2.05, 4.69) is 0 Å². The van der Waals surface area contributed by atoms with Crippen LogP contribution in [0.25, 0.3) is 0 Å². The first-order valence-corrected chi connectivity index (χ1v) is 11.9. The Morgan fingerprint density at radius 2 is 1.78 bits per heavy atom. The van der Waals surface area contributed by atoms with Gasteiger partial charge in [-0.25, -0.2) is 0 Å². The van der Waals surface area contributed by atoms with E-state index in [1.54, 1.807) is 4.90 Å². The van der Waals surface area contributed by atoms with Crippen molar-refractivity contribution in [1.82, 2.24) is 14.4 Å². The molecule has 9 nitrogen and oxygen atoms in total. The molecule has 190 valence electrons. The van der Waals surface area contributed by atoms with E-state index in [0.29, 0.717) is 32.7 Å². The number of rotatable bonds is 13. The molecule has 1 heterocycles. The van der Waals surface area contributed by atoms with Crippen molar-refractivity contribution < 1.29 is 19.2 Å². The molecular weight excluding hydrogens is 460 g/mol. The van der Waals surface area contributed by atoms with Gasteiger partial charge in [-0.15, -0.1) is 0 Å². The van der Waals surface area contributed by atoms with Crippen LogP contribution in [0.15, 0.2) is 72.9 Å². The zero-order valence-corrected chi connectivity index (χ0v) is 20.7. The molecule has 36 heavy (non-hydrogen) atoms. The van der Waals surface area contributed by atoms with Gasteiger partial charge in [0.15, 0.2) is 0 Å². The van der Waals surface area contributed by atoms with E-state index in [1.165, 1.54) is 29.2 Å². The minimum atomic E-state index is -0.539. The van der Waals surface area contributed by atoms with E-state index in [-0.39, 0.29) is 30.2 Å². The Kier molecular flexibility index (Phi) is 9.76. The Labute approximate surface area is 211 Å². The number of carbonyl (C=O) groups is 2. The van der Waals surface area contributed by atoms with Crippen molar-refractivity contribution in [3.8, 4) is 0 Å². The van der Waals surface area contributed by atoms with Crippen LogP contribution < -0.4 is 0 Å². The van der Waals surface area contributed by atoms with E-state index in [4.69, 9.17) is 4.74 Å². The van der Waals surface area contributed by atoms with Crippen molar-refractivity contribution in [3.05, 3.63) is 99.9 Å². The third kappa shape index (κ3) is 7.51. The molecule has 0 bridgehead atoms. The normalized spacial score (nSPS) is 10.7. The molecule has 2 aromatic carbocycles. The molecule has 2 amide bonds. The molecule has 0 aliphatic heterocycles. The minimum Gasteiger partial charge on any atom is -0.382 e. The molecule has 0 saturated carbocycles. The summed E-state index contributed by atoms with van der Waals surface area (Å²) in [6, 6.07) is 19.1. The Bertz CT molecular complexity index is 1160. The van der Waals surface area contributed by atoms with Crippen LogP contribution in [-0.4, -0.2) is 57.4 Å². The Balaban J connectivity index is 1.83. The molecular formula is C27H32N4O5. The van der Waals surface area contributed by atoms with Gasteiger partial charge in [0.1, 0.15) is 6.54 Å². The maximum absolute atomic E-state index is 13.6. The molecule has 9 heteroatoms. The molecule has 0 fully saturated rings. The van der Waals surface area contributed by atoms with E-state index in [0.717, 1.165) is 11.3 Å². The second-order valence-corrected chi connectivity index (χ2v) is 8.43. The first-order chi connectivity index (χ1) is 17.4. The van der Waals surface area contributed by atoms with Crippen LogP contribution in [0.3, 0.4) is 0 Å². The van der Waals surface area contributed by atoms with Crippen LogP contribution in [0, 0.1) is 10.1 Å². The lowest BCUT2D eigenvalue weighted by molar-refractivity contribution is -0.384. The maximum atomic E-state index is 13.6. The number of ether oxygens (including phenoxy) is 1. The fourth-order valence-corrected chi connectivity index (χ4v) is 3.84. The molecule has 0 unspecified atom stereocenters. The molecule has 0 aliphatic carbocycles. The van der Waals surface area contributed by atoms with Gasteiger partial charge in [-0.3, -0.25) is 19.7 Å². The number of benzene rings is 2. The predicted octanol–water partition coefficient (Wildman–Crippen LogP) is 4.03. The Hall–Kier alpha value is -3.98. The zero-order chi connectivity index (χ0) is 25.9. The summed E-state index contributed by atoms with van der Waals surface area (Å²) in [5, 5.41) is 11.2. The van der Waals surface area contributed by atoms with Crippen LogP contribution in [0.2, 0.25) is 0 Å². The van der Waals surface area contributed by atoms with Crippen LogP contribution in [0.1, 0.15) is 35.0 Å². The number of hydrogen-bond acceptors (Lipinski definition) is 5. The molecule has 0 spiro atoms. The van der Waals surface area contributed by atoms with Crippen LogP contribution in [0.4, 0.5) is 5.69 Å². The maximum Gasteiger partial charge on any atom is 0.270 e. The average molecular weight is 493 g/mol. The van der Waals surface area contributed by atoms with Gasteiger partial charge < -0.3 is 19.1 Å². The highest BCUT2D eigenvalue weighted by Crippen LogP contribution is 2.17. The summed E-state index contributed by atoms with van der Waals surface area (Å²) in [7, 11) is 1.92. The van der Waals surface area contributed by atoms with Gasteiger partial charge in [0.2, 0.25) is 5.91 Å². The number of nitro groups is 1. The predicted molar refractivity (Wildman–Crippen MR) is 136 cm³/mol. The van der Waals surface area contributed by atoms with Crippen molar-refractivity contribution in [3.63, 3.8) is 0 Å². The van der Waals surface area contributed by atoms with Crippen LogP contribution in [0.5, 0.6) is 0 Å². The first-order valence-electron chi connectivity index (χ1n) is 11.9. The van der Waals surface area contributed by atoms with Gasteiger partial charge >= 0.3 is 0 Å². The quantitative estimate of drug-likeness (QED) is 0.204. The fourth-order valence-electron chi connectivity index (χ4n) is 3.84. The highest BCUT2D eigenvalue weighted by molar-refractivity contribution is 5.97. The van der Waals surface area contributed by atoms with Gasteiger partial charge in [0.05, 0.1) is 11.5 Å². The number of amides is 2. The molecule has 1 aromatic heterocycles. The molecule has 0 saturated heterocycles. The third-order valence-electron chi connectivity index (χ3n) is 5.81. The smallest absolute Gasteiger partial charge is 0.270 e. The number of aryl methyl sites for hydroxylation is 1. The number of aromatic nitrogens is 1. The fraction of sp³-hybridized carbons (Fsp3) is 0.333. The van der Waals surface area contributed by atoms with E-state index in [1.807, 2.05) is 67.2 Å². The van der Waals surface area contributed by atoms with Crippen molar-refractivity contribution in [2.75, 3.05) is 26.3 Å². The number of hydrogen-bond donors (Lipinski definition) is 0. The third-order valence-corrected chi connectivity index (χ3v) is 5.81. The molecule has 3 aromatic rings. The summed E-state index contributed by atoms with van der Waals surface area (Å²) in [4.78, 5) is 40.8. The van der Waals surface area contributed by atoms with E-state index in [9.17, 15) is 19.7 Å². The minimum absolute atomic E-state index is 0.148. The zero-order valence-electron chi connectivity index (χ0n) is 20.7. The number of nitrogens with zero attached hydrogens (tertiary/aromatic N) is 4. The summed E-state index contributed by atoms with van der Waals surface area (Å²) in [6.07, 6.45) is 2.46. The first kappa shape index (κ1) is 26.6. The Morgan fingerprint density at radius 1 is 1.00 bits per heavy atom. The van der Waals surface area contributed by atoms with E-state index >= 15 is 0 Å². The molecule has 3 rings (SSSR count). The standard InChI is InChI=1S/C27H32N4O5/c1-3-36-17-9-16-29(27(33)23-12-7-13-24(18-23)31(34)35)21-26(32)30(19-22-10-5-4-6-11-22)20-25-14-8-15-28(25)2/h4-8,10-15,18H,3,9,16-17,19-21H2,1-2H3. The number of carbonyl (C=O) groups excluding carboxylic acids is 2. The van der Waals surface area contributed by atoms with Gasteiger partial charge in [-0.2, -0.15) is 0 Å². The lowest BCUT2D eigenvalue weighted by Gasteiger charge is -2.28. The van der Waals surface area contributed by atoms with Crippen molar-refractivity contribution >= 4 is 17.5 Å². The monoisotopic (exact) mass is 492 g/mol. The van der Waals surface area contributed by atoms with Crippen LogP contribution >= 0.6 is 0 Å². The molecule has 0 aliphatic rings. The number of nitro benzene ring substituents is 1. The second-order valence-electron chi connectivity index (χ2n) is 8.43. The van der Waals surface area contributed by atoms with Gasteiger partial charge in [-0.05, 0) is 37.1 Å². The van der Waals surface area contributed by atoms with Gasteiger partial charge in [0.25, 0.3) is 11.6 Å². The highest BCUT2D eigenvalue weighted by Gasteiger charge is 2.24. The lowest BCUT2D eigenvalue weighted by Crippen LogP contribution is -2.43. The molecule has 0 radical (unpaired) electrons. The summed E-state index contributed by atoms with van der Waals surface area (Å²) in [5.41, 5.74) is 1.95. The summed E-state index contributed by atoms with van der Waals surface area (Å²) in [6.45, 7) is 3.81. The van der Waals surface area contributed by atoms with Crippen molar-refractivity contribution in [1.29, 1.82) is 0 Å².